The lowest BCUT2D eigenvalue weighted by molar-refractivity contribution is -0.142. The maximum absolute atomic E-state index is 12.2. The van der Waals surface area contributed by atoms with Crippen molar-refractivity contribution >= 4 is 17.6 Å². The first kappa shape index (κ1) is 16.3. The van der Waals surface area contributed by atoms with Gasteiger partial charge in [-0.1, -0.05) is 0 Å². The summed E-state index contributed by atoms with van der Waals surface area (Å²) in [6.45, 7) is 2.98. The minimum atomic E-state index is -0.449. The SMILES string of the molecule is COC(=O)COc1ccc(NC(=O)[C@H]2NCCO[C@@H]2C)cc1. The first-order chi connectivity index (χ1) is 10.6. The van der Waals surface area contributed by atoms with Gasteiger partial charge in [0.2, 0.25) is 5.91 Å². The van der Waals surface area contributed by atoms with Gasteiger partial charge < -0.3 is 24.8 Å². The molecule has 0 bridgehead atoms. The highest BCUT2D eigenvalue weighted by atomic mass is 16.6. The van der Waals surface area contributed by atoms with Crippen molar-refractivity contribution in [3.63, 3.8) is 0 Å². The van der Waals surface area contributed by atoms with Crippen LogP contribution in [0.3, 0.4) is 0 Å². The monoisotopic (exact) mass is 308 g/mol. The fourth-order valence-electron chi connectivity index (χ4n) is 2.08. The van der Waals surface area contributed by atoms with Crippen molar-refractivity contribution in [1.29, 1.82) is 0 Å². The largest absolute Gasteiger partial charge is 0.482 e. The van der Waals surface area contributed by atoms with Crippen molar-refractivity contribution in [3.05, 3.63) is 24.3 Å². The van der Waals surface area contributed by atoms with Crippen LogP contribution in [0.4, 0.5) is 5.69 Å². The van der Waals surface area contributed by atoms with Crippen molar-refractivity contribution in [2.24, 2.45) is 0 Å². The van der Waals surface area contributed by atoms with Crippen LogP contribution in [0.2, 0.25) is 0 Å². The Hall–Kier alpha value is -2.12. The maximum atomic E-state index is 12.2. The Balaban J connectivity index is 1.87. The second kappa shape index (κ2) is 7.77. The molecule has 2 N–H and O–H groups in total. The number of morpholine rings is 1. The summed E-state index contributed by atoms with van der Waals surface area (Å²) in [5.74, 6) is -0.0685. The molecule has 7 nitrogen and oxygen atoms in total. The molecule has 0 aromatic heterocycles. The second-order valence-electron chi connectivity index (χ2n) is 4.89. The molecule has 1 aromatic rings. The number of benzene rings is 1. The molecule has 2 rings (SSSR count). The van der Waals surface area contributed by atoms with Crippen LogP contribution in [0.5, 0.6) is 5.75 Å². The van der Waals surface area contributed by atoms with E-state index >= 15 is 0 Å². The normalized spacial score (nSPS) is 21.0. The van der Waals surface area contributed by atoms with E-state index < -0.39 is 5.97 Å². The smallest absolute Gasteiger partial charge is 0.343 e. The van der Waals surface area contributed by atoms with Gasteiger partial charge in [0.25, 0.3) is 0 Å². The summed E-state index contributed by atoms with van der Waals surface area (Å²) in [5, 5.41) is 5.94. The summed E-state index contributed by atoms with van der Waals surface area (Å²) >= 11 is 0. The van der Waals surface area contributed by atoms with Gasteiger partial charge in [-0.05, 0) is 31.2 Å². The van der Waals surface area contributed by atoms with Crippen LogP contribution >= 0.6 is 0 Å². The third-order valence-electron chi connectivity index (χ3n) is 3.31. The Morgan fingerprint density at radius 3 is 2.73 bits per heavy atom. The Bertz CT molecular complexity index is 517. The van der Waals surface area contributed by atoms with E-state index in [1.807, 2.05) is 6.92 Å². The molecule has 0 unspecified atom stereocenters. The van der Waals surface area contributed by atoms with E-state index in [0.717, 1.165) is 0 Å². The molecule has 120 valence electrons. The molecule has 1 aromatic carbocycles. The number of ether oxygens (including phenoxy) is 3. The summed E-state index contributed by atoms with van der Waals surface area (Å²) in [4.78, 5) is 23.2. The number of esters is 1. The van der Waals surface area contributed by atoms with Gasteiger partial charge in [-0.25, -0.2) is 4.79 Å². The number of rotatable bonds is 5. The number of amides is 1. The number of hydrogen-bond acceptors (Lipinski definition) is 6. The number of methoxy groups -OCH3 is 1. The summed E-state index contributed by atoms with van der Waals surface area (Å²) in [5.41, 5.74) is 0.648. The fourth-order valence-corrected chi connectivity index (χ4v) is 2.08. The molecule has 1 aliphatic heterocycles. The van der Waals surface area contributed by atoms with Gasteiger partial charge in [-0.2, -0.15) is 0 Å². The quantitative estimate of drug-likeness (QED) is 0.773. The Morgan fingerprint density at radius 1 is 1.36 bits per heavy atom. The molecule has 0 saturated carbocycles. The Kier molecular flexibility index (Phi) is 5.74. The van der Waals surface area contributed by atoms with E-state index in [-0.39, 0.29) is 24.7 Å². The van der Waals surface area contributed by atoms with Crippen LogP contribution in [-0.2, 0) is 19.1 Å². The molecule has 1 heterocycles. The lowest BCUT2D eigenvalue weighted by atomic mass is 10.1. The zero-order valence-corrected chi connectivity index (χ0v) is 12.6. The predicted molar refractivity (Wildman–Crippen MR) is 79.8 cm³/mol. The second-order valence-corrected chi connectivity index (χ2v) is 4.89. The number of carbonyl (C=O) groups excluding carboxylic acids is 2. The van der Waals surface area contributed by atoms with Crippen LogP contribution in [-0.4, -0.2) is 50.9 Å². The van der Waals surface area contributed by atoms with Gasteiger partial charge >= 0.3 is 5.97 Å². The van der Waals surface area contributed by atoms with E-state index in [1.54, 1.807) is 24.3 Å². The molecular weight excluding hydrogens is 288 g/mol. The van der Waals surface area contributed by atoms with Gasteiger partial charge in [0.05, 0.1) is 19.8 Å². The number of hydrogen-bond donors (Lipinski definition) is 2. The summed E-state index contributed by atoms with van der Waals surface area (Å²) in [6, 6.07) is 6.39. The lowest BCUT2D eigenvalue weighted by Gasteiger charge is -2.29. The molecule has 1 saturated heterocycles. The molecule has 1 aliphatic rings. The van der Waals surface area contributed by atoms with Crippen LogP contribution < -0.4 is 15.4 Å². The highest BCUT2D eigenvalue weighted by Crippen LogP contribution is 2.16. The standard InChI is InChI=1S/C15H20N2O5/c1-10-14(16-7-8-21-10)15(19)17-11-3-5-12(6-4-11)22-9-13(18)20-2/h3-6,10,14,16H,7-9H2,1-2H3,(H,17,19)/t10-,14+/m1/s1. The van der Waals surface area contributed by atoms with Crippen LogP contribution in [0, 0.1) is 0 Å². The molecule has 1 amide bonds. The molecule has 1 fully saturated rings. The highest BCUT2D eigenvalue weighted by molar-refractivity contribution is 5.95. The van der Waals surface area contributed by atoms with E-state index in [1.165, 1.54) is 7.11 Å². The minimum Gasteiger partial charge on any atom is -0.482 e. The average molecular weight is 308 g/mol. The first-order valence-electron chi connectivity index (χ1n) is 7.05. The number of carbonyl (C=O) groups is 2. The zero-order valence-electron chi connectivity index (χ0n) is 12.6. The predicted octanol–water partition coefficient (Wildman–Crippen LogP) is 0.554. The Morgan fingerprint density at radius 2 is 2.09 bits per heavy atom. The highest BCUT2D eigenvalue weighted by Gasteiger charge is 2.28. The topological polar surface area (TPSA) is 85.9 Å². The van der Waals surface area contributed by atoms with Gasteiger partial charge in [0.1, 0.15) is 11.8 Å². The molecule has 7 heteroatoms. The van der Waals surface area contributed by atoms with Crippen LogP contribution in [0.25, 0.3) is 0 Å². The van der Waals surface area contributed by atoms with Crippen molar-refractivity contribution in [2.45, 2.75) is 19.1 Å². The molecular formula is C15H20N2O5. The van der Waals surface area contributed by atoms with Crippen molar-refractivity contribution in [3.8, 4) is 5.75 Å². The third-order valence-corrected chi connectivity index (χ3v) is 3.31. The zero-order chi connectivity index (χ0) is 15.9. The van der Waals surface area contributed by atoms with Crippen LogP contribution in [0.1, 0.15) is 6.92 Å². The minimum absolute atomic E-state index is 0.143. The van der Waals surface area contributed by atoms with Crippen molar-refractivity contribution in [1.82, 2.24) is 5.32 Å². The van der Waals surface area contributed by atoms with Gasteiger partial charge in [-0.3, -0.25) is 4.79 Å². The fraction of sp³-hybridized carbons (Fsp3) is 0.467. The van der Waals surface area contributed by atoms with E-state index in [2.05, 4.69) is 15.4 Å². The molecule has 22 heavy (non-hydrogen) atoms. The Labute approximate surface area is 128 Å². The molecule has 0 aliphatic carbocycles. The summed E-state index contributed by atoms with van der Waals surface area (Å²) in [7, 11) is 1.30. The number of nitrogens with one attached hydrogen (secondary N) is 2. The van der Waals surface area contributed by atoms with Gasteiger partial charge in [0, 0.05) is 12.2 Å². The van der Waals surface area contributed by atoms with Crippen LogP contribution in [0.15, 0.2) is 24.3 Å². The van der Waals surface area contributed by atoms with E-state index in [0.29, 0.717) is 24.6 Å². The third kappa shape index (κ3) is 4.44. The molecule has 2 atom stereocenters. The summed E-state index contributed by atoms with van der Waals surface area (Å²) < 4.78 is 15.2. The molecule has 0 spiro atoms. The van der Waals surface area contributed by atoms with E-state index in [9.17, 15) is 9.59 Å². The van der Waals surface area contributed by atoms with Gasteiger partial charge in [0.15, 0.2) is 6.61 Å². The first-order valence-corrected chi connectivity index (χ1v) is 7.05. The van der Waals surface area contributed by atoms with Gasteiger partial charge in [-0.15, -0.1) is 0 Å². The summed E-state index contributed by atoms with van der Waals surface area (Å²) in [6.07, 6.45) is -0.170. The number of anilines is 1. The van der Waals surface area contributed by atoms with E-state index in [4.69, 9.17) is 9.47 Å². The average Bonchev–Trinajstić information content (AvgIpc) is 2.54. The van der Waals surface area contributed by atoms with Crippen molar-refractivity contribution < 1.29 is 23.8 Å². The van der Waals surface area contributed by atoms with Crippen molar-refractivity contribution in [2.75, 3.05) is 32.2 Å². The molecule has 0 radical (unpaired) electrons. The lowest BCUT2D eigenvalue weighted by Crippen LogP contribution is -2.53. The maximum Gasteiger partial charge on any atom is 0.343 e.